The highest BCUT2D eigenvalue weighted by Gasteiger charge is 2.13. The predicted molar refractivity (Wildman–Crippen MR) is 120 cm³/mol. The van der Waals surface area contributed by atoms with Gasteiger partial charge in [0.05, 0.1) is 0 Å². The molecular formula is C19H38IN5O2. The molecule has 0 aliphatic heterocycles. The zero-order valence-corrected chi connectivity index (χ0v) is 19.9. The van der Waals surface area contributed by atoms with Gasteiger partial charge in [-0.2, -0.15) is 4.98 Å². The highest BCUT2D eigenvalue weighted by molar-refractivity contribution is 14.0. The van der Waals surface area contributed by atoms with Gasteiger partial charge in [-0.05, 0) is 33.1 Å². The van der Waals surface area contributed by atoms with Crippen LogP contribution in [0.1, 0.15) is 84.5 Å². The number of hydrogen-bond donors (Lipinski definition) is 2. The van der Waals surface area contributed by atoms with E-state index in [4.69, 9.17) is 9.26 Å². The number of aromatic nitrogens is 2. The molecule has 0 radical (unpaired) electrons. The predicted octanol–water partition coefficient (Wildman–Crippen LogP) is 4.45. The molecule has 0 aromatic carbocycles. The first-order valence-electron chi connectivity index (χ1n) is 10.0. The van der Waals surface area contributed by atoms with Crippen LogP contribution in [0.3, 0.4) is 0 Å². The van der Waals surface area contributed by atoms with Crippen molar-refractivity contribution in [2.24, 2.45) is 10.9 Å². The molecule has 0 aliphatic carbocycles. The lowest BCUT2D eigenvalue weighted by molar-refractivity contribution is 0.0683. The molecule has 0 amide bonds. The standard InChI is InChI=1S/C19H37N5O2.HI/c1-6-20-19(21-13-11-9-8-10-12-15(3)4)22-14-17-23-18(24-26-17)16(5)25-7-2;/h15-16H,6-14H2,1-5H3,(H2,20,21,22);1H. The smallest absolute Gasteiger partial charge is 0.248 e. The van der Waals surface area contributed by atoms with E-state index in [-0.39, 0.29) is 30.1 Å². The molecule has 0 saturated heterocycles. The Balaban J connectivity index is 0.00000676. The quantitative estimate of drug-likeness (QED) is 0.182. The van der Waals surface area contributed by atoms with Crippen LogP contribution >= 0.6 is 24.0 Å². The molecule has 1 atom stereocenters. The lowest BCUT2D eigenvalue weighted by atomic mass is 10.0. The van der Waals surface area contributed by atoms with Gasteiger partial charge in [0.2, 0.25) is 5.89 Å². The van der Waals surface area contributed by atoms with Crippen molar-refractivity contribution in [1.82, 2.24) is 20.8 Å². The van der Waals surface area contributed by atoms with E-state index in [1.54, 1.807) is 0 Å². The summed E-state index contributed by atoms with van der Waals surface area (Å²) in [5.74, 6) is 2.66. The average molecular weight is 495 g/mol. The summed E-state index contributed by atoms with van der Waals surface area (Å²) in [5.41, 5.74) is 0. The third-order valence-electron chi connectivity index (χ3n) is 3.98. The number of nitrogens with zero attached hydrogens (tertiary/aromatic N) is 3. The fourth-order valence-electron chi connectivity index (χ4n) is 2.55. The van der Waals surface area contributed by atoms with Crippen molar-refractivity contribution in [1.29, 1.82) is 0 Å². The Morgan fingerprint density at radius 1 is 1.11 bits per heavy atom. The van der Waals surface area contributed by atoms with Gasteiger partial charge in [-0.25, -0.2) is 4.99 Å². The van der Waals surface area contributed by atoms with Crippen LogP contribution in [-0.2, 0) is 11.3 Å². The van der Waals surface area contributed by atoms with Crippen molar-refractivity contribution in [3.8, 4) is 0 Å². The summed E-state index contributed by atoms with van der Waals surface area (Å²) in [6.07, 6.45) is 6.19. The highest BCUT2D eigenvalue weighted by atomic mass is 127. The number of aliphatic imine (C=N–C) groups is 1. The van der Waals surface area contributed by atoms with Crippen LogP contribution in [0.5, 0.6) is 0 Å². The molecule has 0 aliphatic rings. The van der Waals surface area contributed by atoms with E-state index in [9.17, 15) is 0 Å². The van der Waals surface area contributed by atoms with E-state index in [2.05, 4.69) is 46.5 Å². The number of nitrogens with one attached hydrogen (secondary N) is 2. The van der Waals surface area contributed by atoms with E-state index in [0.29, 0.717) is 24.9 Å². The molecule has 1 aromatic heterocycles. The normalized spacial score (nSPS) is 12.7. The molecule has 1 heterocycles. The number of guanidine groups is 1. The Hall–Kier alpha value is -0.900. The van der Waals surface area contributed by atoms with Gasteiger partial charge in [0, 0.05) is 19.7 Å². The van der Waals surface area contributed by atoms with Gasteiger partial charge in [0.15, 0.2) is 11.8 Å². The molecule has 0 saturated carbocycles. The van der Waals surface area contributed by atoms with Crippen LogP contribution in [0.25, 0.3) is 0 Å². The maximum atomic E-state index is 5.47. The molecule has 0 spiro atoms. The molecule has 8 heteroatoms. The molecule has 1 unspecified atom stereocenters. The molecule has 7 nitrogen and oxygen atoms in total. The fourth-order valence-corrected chi connectivity index (χ4v) is 2.55. The lowest BCUT2D eigenvalue weighted by Crippen LogP contribution is -2.37. The van der Waals surface area contributed by atoms with E-state index in [1.807, 2.05) is 13.8 Å². The summed E-state index contributed by atoms with van der Waals surface area (Å²) in [7, 11) is 0. The Bertz CT molecular complexity index is 508. The van der Waals surface area contributed by atoms with Gasteiger partial charge >= 0.3 is 0 Å². The van der Waals surface area contributed by atoms with Crippen molar-refractivity contribution in [2.45, 2.75) is 79.4 Å². The minimum absolute atomic E-state index is 0. The van der Waals surface area contributed by atoms with E-state index in [0.717, 1.165) is 31.4 Å². The summed E-state index contributed by atoms with van der Waals surface area (Å²) in [6.45, 7) is 13.2. The van der Waals surface area contributed by atoms with Gasteiger partial charge in [-0.15, -0.1) is 24.0 Å². The summed E-state index contributed by atoms with van der Waals surface area (Å²) in [5, 5.41) is 10.6. The third-order valence-corrected chi connectivity index (χ3v) is 3.98. The van der Waals surface area contributed by atoms with Gasteiger partial charge in [-0.1, -0.05) is 44.7 Å². The molecule has 1 aromatic rings. The zero-order chi connectivity index (χ0) is 19.2. The number of rotatable bonds is 13. The third kappa shape index (κ3) is 12.2. The monoisotopic (exact) mass is 495 g/mol. The van der Waals surface area contributed by atoms with E-state index < -0.39 is 0 Å². The minimum Gasteiger partial charge on any atom is -0.371 e. The number of halogens is 1. The fraction of sp³-hybridized carbons (Fsp3) is 0.842. The second kappa shape index (κ2) is 16.1. The van der Waals surface area contributed by atoms with Crippen LogP contribution in [-0.4, -0.2) is 35.8 Å². The topological polar surface area (TPSA) is 84.6 Å². The van der Waals surface area contributed by atoms with Gasteiger partial charge < -0.3 is 19.9 Å². The van der Waals surface area contributed by atoms with Crippen molar-refractivity contribution >= 4 is 29.9 Å². The summed E-state index contributed by atoms with van der Waals surface area (Å²) >= 11 is 0. The first-order valence-corrected chi connectivity index (χ1v) is 10.0. The van der Waals surface area contributed by atoms with Crippen LogP contribution < -0.4 is 10.6 Å². The van der Waals surface area contributed by atoms with Crippen molar-refractivity contribution in [3.05, 3.63) is 11.7 Å². The maximum absolute atomic E-state index is 5.47. The summed E-state index contributed by atoms with van der Waals surface area (Å²) in [6, 6.07) is 0. The highest BCUT2D eigenvalue weighted by Crippen LogP contribution is 2.13. The van der Waals surface area contributed by atoms with E-state index >= 15 is 0 Å². The Labute approximate surface area is 181 Å². The van der Waals surface area contributed by atoms with Crippen LogP contribution in [0.15, 0.2) is 9.52 Å². The van der Waals surface area contributed by atoms with Crippen molar-refractivity contribution < 1.29 is 9.26 Å². The van der Waals surface area contributed by atoms with Crippen molar-refractivity contribution in [2.75, 3.05) is 19.7 Å². The summed E-state index contributed by atoms with van der Waals surface area (Å²) in [4.78, 5) is 8.86. The number of hydrogen-bond acceptors (Lipinski definition) is 5. The number of unbranched alkanes of at least 4 members (excludes halogenated alkanes) is 3. The summed E-state index contributed by atoms with van der Waals surface area (Å²) < 4.78 is 10.7. The van der Waals surface area contributed by atoms with Gasteiger partial charge in [-0.3, -0.25) is 0 Å². The first-order chi connectivity index (χ1) is 12.6. The maximum Gasteiger partial charge on any atom is 0.248 e. The lowest BCUT2D eigenvalue weighted by Gasteiger charge is -2.10. The largest absolute Gasteiger partial charge is 0.371 e. The second-order valence-electron chi connectivity index (χ2n) is 6.86. The first kappa shape index (κ1) is 26.1. The molecular weight excluding hydrogens is 457 g/mol. The molecule has 0 bridgehead atoms. The van der Waals surface area contributed by atoms with Crippen LogP contribution in [0.2, 0.25) is 0 Å². The van der Waals surface area contributed by atoms with Gasteiger partial charge in [0.1, 0.15) is 12.6 Å². The number of ether oxygens (including phenoxy) is 1. The molecule has 158 valence electrons. The SMILES string of the molecule is CCNC(=NCc1nc(C(C)OCC)no1)NCCCCCCC(C)C.I. The minimum atomic E-state index is -0.163. The average Bonchev–Trinajstić information content (AvgIpc) is 3.07. The Morgan fingerprint density at radius 3 is 2.52 bits per heavy atom. The van der Waals surface area contributed by atoms with Crippen molar-refractivity contribution in [3.63, 3.8) is 0 Å². The Morgan fingerprint density at radius 2 is 1.85 bits per heavy atom. The molecule has 27 heavy (non-hydrogen) atoms. The molecule has 0 fully saturated rings. The van der Waals surface area contributed by atoms with Gasteiger partial charge in [0.25, 0.3) is 0 Å². The Kier molecular flexibility index (Phi) is 15.6. The molecule has 2 N–H and O–H groups in total. The zero-order valence-electron chi connectivity index (χ0n) is 17.6. The van der Waals surface area contributed by atoms with Crippen LogP contribution in [0.4, 0.5) is 0 Å². The van der Waals surface area contributed by atoms with E-state index in [1.165, 1.54) is 25.7 Å². The molecule has 1 rings (SSSR count). The second-order valence-corrected chi connectivity index (χ2v) is 6.86. The van der Waals surface area contributed by atoms with Crippen LogP contribution in [0, 0.1) is 5.92 Å².